The van der Waals surface area contributed by atoms with E-state index >= 15 is 0 Å². The first-order chi connectivity index (χ1) is 27.2. The number of hydrogen-bond donors (Lipinski definition) is 2. The van der Waals surface area contributed by atoms with E-state index < -0.39 is 0 Å². The number of fused-ring (bicyclic) bond motifs is 6. The SMILES string of the molecule is NNC(/C=C(/c1ccccc1)c1cccc(-n2c3ccccc3c3cc(-c4ccc5c(c4)c4ccccc4n5-c4ccccc4)ccc32)c1)C1=CC=CCC1. The maximum absolute atomic E-state index is 6.21. The zero-order valence-electron chi connectivity index (χ0n) is 30.4. The van der Waals surface area contributed by atoms with Crippen molar-refractivity contribution in [3.63, 3.8) is 0 Å². The molecule has 1 atom stereocenters. The van der Waals surface area contributed by atoms with Gasteiger partial charge in [0.15, 0.2) is 0 Å². The zero-order chi connectivity index (χ0) is 36.7. The van der Waals surface area contributed by atoms with Crippen molar-refractivity contribution in [1.29, 1.82) is 0 Å². The molecule has 9 aromatic rings. The van der Waals surface area contributed by atoms with Gasteiger partial charge >= 0.3 is 0 Å². The molecule has 1 unspecified atom stereocenters. The highest BCUT2D eigenvalue weighted by Gasteiger charge is 2.18. The Bertz CT molecular complexity index is 2960. The van der Waals surface area contributed by atoms with Gasteiger partial charge in [0, 0.05) is 32.9 Å². The second-order valence-electron chi connectivity index (χ2n) is 14.4. The van der Waals surface area contributed by atoms with Gasteiger partial charge in [-0.3, -0.25) is 5.84 Å². The number of rotatable bonds is 8. The summed E-state index contributed by atoms with van der Waals surface area (Å²) in [5.74, 6) is 6.21. The average Bonchev–Trinajstić information content (AvgIpc) is 3.77. The Morgan fingerprint density at radius 1 is 0.527 bits per heavy atom. The van der Waals surface area contributed by atoms with Crippen LogP contribution in [-0.2, 0) is 0 Å². The van der Waals surface area contributed by atoms with Crippen molar-refractivity contribution in [3.8, 4) is 22.5 Å². The molecule has 1 aliphatic rings. The molecule has 0 saturated heterocycles. The maximum Gasteiger partial charge on any atom is 0.0613 e. The van der Waals surface area contributed by atoms with Crippen LogP contribution in [0.5, 0.6) is 0 Å². The quantitative estimate of drug-likeness (QED) is 0.122. The van der Waals surface area contributed by atoms with E-state index in [4.69, 9.17) is 5.84 Å². The number of allylic oxidation sites excluding steroid dienone is 3. The Morgan fingerprint density at radius 3 is 1.69 bits per heavy atom. The van der Waals surface area contributed by atoms with Gasteiger partial charge in [-0.2, -0.15) is 0 Å². The Labute approximate surface area is 320 Å². The van der Waals surface area contributed by atoms with Crippen molar-refractivity contribution in [3.05, 3.63) is 211 Å². The number of aromatic nitrogens is 2. The molecule has 0 fully saturated rings. The third kappa shape index (κ3) is 5.80. The minimum atomic E-state index is -0.0791. The lowest BCUT2D eigenvalue weighted by Crippen LogP contribution is -2.35. The van der Waals surface area contributed by atoms with E-state index in [9.17, 15) is 0 Å². The Morgan fingerprint density at radius 2 is 1.07 bits per heavy atom. The summed E-state index contributed by atoms with van der Waals surface area (Å²) < 4.78 is 4.78. The third-order valence-corrected chi connectivity index (χ3v) is 11.2. The lowest BCUT2D eigenvalue weighted by molar-refractivity contribution is 0.662. The molecule has 10 rings (SSSR count). The van der Waals surface area contributed by atoms with Crippen molar-refractivity contribution in [2.24, 2.45) is 5.84 Å². The van der Waals surface area contributed by atoms with Gasteiger partial charge in [-0.15, -0.1) is 0 Å². The largest absolute Gasteiger partial charge is 0.309 e. The molecule has 0 saturated carbocycles. The Hall–Kier alpha value is -6.72. The molecule has 264 valence electrons. The van der Waals surface area contributed by atoms with Crippen LogP contribution in [0, 0.1) is 0 Å². The van der Waals surface area contributed by atoms with Crippen molar-refractivity contribution >= 4 is 49.2 Å². The predicted molar refractivity (Wildman–Crippen MR) is 232 cm³/mol. The van der Waals surface area contributed by atoms with E-state index in [-0.39, 0.29) is 6.04 Å². The summed E-state index contributed by atoms with van der Waals surface area (Å²) in [6.45, 7) is 0. The van der Waals surface area contributed by atoms with Gasteiger partial charge < -0.3 is 9.13 Å². The number of para-hydroxylation sites is 3. The van der Waals surface area contributed by atoms with E-state index in [1.807, 2.05) is 0 Å². The van der Waals surface area contributed by atoms with Gasteiger partial charge in [-0.05, 0) is 107 Å². The summed E-state index contributed by atoms with van der Waals surface area (Å²) in [5.41, 5.74) is 17.3. The second-order valence-corrected chi connectivity index (χ2v) is 14.4. The Kier molecular flexibility index (Phi) is 8.33. The molecule has 2 aromatic heterocycles. The highest BCUT2D eigenvalue weighted by molar-refractivity contribution is 6.12. The maximum atomic E-state index is 6.21. The molecule has 2 heterocycles. The van der Waals surface area contributed by atoms with Gasteiger partial charge in [0.25, 0.3) is 0 Å². The third-order valence-electron chi connectivity index (χ3n) is 11.2. The molecule has 0 bridgehead atoms. The van der Waals surface area contributed by atoms with Gasteiger partial charge in [-0.1, -0.05) is 133 Å². The zero-order valence-corrected chi connectivity index (χ0v) is 30.4. The van der Waals surface area contributed by atoms with Crippen molar-refractivity contribution in [1.82, 2.24) is 14.6 Å². The lowest BCUT2D eigenvalue weighted by atomic mass is 9.91. The topological polar surface area (TPSA) is 47.9 Å². The highest BCUT2D eigenvalue weighted by Crippen LogP contribution is 2.39. The van der Waals surface area contributed by atoms with Crippen LogP contribution < -0.4 is 11.3 Å². The summed E-state index contributed by atoms with van der Waals surface area (Å²) >= 11 is 0. The second kappa shape index (κ2) is 13.9. The van der Waals surface area contributed by atoms with Crippen LogP contribution in [0.25, 0.3) is 71.7 Å². The molecule has 7 aromatic carbocycles. The van der Waals surface area contributed by atoms with Gasteiger partial charge in [0.2, 0.25) is 0 Å². The number of nitrogens with two attached hydrogens (primary N) is 1. The van der Waals surface area contributed by atoms with Crippen LogP contribution in [0.1, 0.15) is 24.0 Å². The molecule has 0 radical (unpaired) electrons. The molecular formula is C51H40N4. The molecule has 3 N–H and O–H groups in total. The van der Waals surface area contributed by atoms with Gasteiger partial charge in [0.1, 0.15) is 0 Å². The van der Waals surface area contributed by atoms with Crippen LogP contribution in [0.2, 0.25) is 0 Å². The number of hydrogen-bond acceptors (Lipinski definition) is 2. The van der Waals surface area contributed by atoms with Crippen molar-refractivity contribution in [2.75, 3.05) is 0 Å². The average molecular weight is 709 g/mol. The van der Waals surface area contributed by atoms with Crippen LogP contribution in [0.4, 0.5) is 0 Å². The molecule has 4 heteroatoms. The number of benzene rings is 7. The Balaban J connectivity index is 1.10. The number of hydrazine groups is 1. The van der Waals surface area contributed by atoms with Crippen LogP contribution in [0.15, 0.2) is 200 Å². The van der Waals surface area contributed by atoms with Crippen LogP contribution in [0.3, 0.4) is 0 Å². The first-order valence-electron chi connectivity index (χ1n) is 19.1. The number of nitrogens with one attached hydrogen (secondary N) is 1. The molecule has 1 aliphatic carbocycles. The van der Waals surface area contributed by atoms with Crippen molar-refractivity contribution in [2.45, 2.75) is 18.9 Å². The fraction of sp³-hybridized carbons (Fsp3) is 0.0588. The predicted octanol–water partition coefficient (Wildman–Crippen LogP) is 12.1. The van der Waals surface area contributed by atoms with E-state index in [1.165, 1.54) is 66.0 Å². The summed E-state index contributed by atoms with van der Waals surface area (Å²) in [6, 6.07) is 61.4. The number of nitrogens with zero attached hydrogens (tertiary/aromatic N) is 2. The molecular weight excluding hydrogens is 669 g/mol. The lowest BCUT2D eigenvalue weighted by Gasteiger charge is -2.20. The smallest absolute Gasteiger partial charge is 0.0613 e. The van der Waals surface area contributed by atoms with E-state index in [0.29, 0.717) is 0 Å². The van der Waals surface area contributed by atoms with Crippen LogP contribution in [-0.4, -0.2) is 15.2 Å². The molecule has 55 heavy (non-hydrogen) atoms. The molecule has 0 aliphatic heterocycles. The van der Waals surface area contributed by atoms with Crippen LogP contribution >= 0.6 is 0 Å². The summed E-state index contributed by atoms with van der Waals surface area (Å²) in [5, 5.41) is 4.97. The van der Waals surface area contributed by atoms with Crippen molar-refractivity contribution < 1.29 is 0 Å². The summed E-state index contributed by atoms with van der Waals surface area (Å²) in [4.78, 5) is 0. The monoisotopic (exact) mass is 708 g/mol. The standard InChI is InChI=1S/C51H40N4/c52-53-47(36-17-6-2-7-18-36)34-44(35-15-4-1-5-16-35)39-19-14-22-41(31-39)55-49-26-13-11-24-43(49)46-33-38(28-30-51(46)55)37-27-29-50-45(32-37)42-23-10-12-25-48(42)54(50)40-20-8-3-9-21-40/h1-6,8-17,19-34,47,53H,7,18,52H2/b44-34-. The first kappa shape index (κ1) is 32.9. The highest BCUT2D eigenvalue weighted by atomic mass is 15.2. The fourth-order valence-corrected chi connectivity index (χ4v) is 8.54. The molecule has 0 spiro atoms. The van der Waals surface area contributed by atoms with Gasteiger partial charge in [0.05, 0.1) is 28.1 Å². The molecule has 0 amide bonds. The van der Waals surface area contributed by atoms with Gasteiger partial charge in [-0.25, -0.2) is 5.43 Å². The van der Waals surface area contributed by atoms with E-state index in [1.54, 1.807) is 0 Å². The normalized spacial score (nSPS) is 13.9. The minimum absolute atomic E-state index is 0.0791. The molecule has 4 nitrogen and oxygen atoms in total. The van der Waals surface area contributed by atoms with E-state index in [0.717, 1.165) is 35.2 Å². The fourth-order valence-electron chi connectivity index (χ4n) is 8.54. The summed E-state index contributed by atoms with van der Waals surface area (Å²) in [6.07, 6.45) is 10.8. The first-order valence-corrected chi connectivity index (χ1v) is 19.1. The van der Waals surface area contributed by atoms with E-state index in [2.05, 4.69) is 209 Å². The summed E-state index contributed by atoms with van der Waals surface area (Å²) in [7, 11) is 0. The minimum Gasteiger partial charge on any atom is -0.309 e.